The Labute approximate surface area is 197 Å². The third-order valence-corrected chi connectivity index (χ3v) is 5.96. The summed E-state index contributed by atoms with van der Waals surface area (Å²) >= 11 is 5.98. The summed E-state index contributed by atoms with van der Waals surface area (Å²) in [6, 6.07) is 3.13. The summed E-state index contributed by atoms with van der Waals surface area (Å²) in [5, 5.41) is -0.00315. The predicted octanol–water partition coefficient (Wildman–Crippen LogP) is 6.89. The highest BCUT2D eigenvalue weighted by molar-refractivity contribution is 6.70. The number of rotatable bonds is 8. The average Bonchev–Trinajstić information content (AvgIpc) is 2.63. The van der Waals surface area contributed by atoms with Crippen molar-refractivity contribution in [3.8, 4) is 5.75 Å². The van der Waals surface area contributed by atoms with Gasteiger partial charge in [0.15, 0.2) is 11.7 Å². The van der Waals surface area contributed by atoms with E-state index in [-0.39, 0.29) is 34.5 Å². The van der Waals surface area contributed by atoms with E-state index < -0.39 is 19.7 Å². The van der Waals surface area contributed by atoms with Crippen molar-refractivity contribution in [3.63, 3.8) is 0 Å². The molecule has 0 amide bonds. The molecule has 0 aliphatic heterocycles. The second-order valence-electron chi connectivity index (χ2n) is 10.2. The van der Waals surface area contributed by atoms with E-state index in [4.69, 9.17) is 25.5 Å². The molecule has 5 nitrogen and oxygen atoms in total. The van der Waals surface area contributed by atoms with E-state index in [2.05, 4.69) is 11.6 Å². The zero-order valence-electron chi connectivity index (χ0n) is 20.0. The number of nitrogens with zero attached hydrogens (tertiary/aromatic N) is 1. The number of hydrogen-bond acceptors (Lipinski definition) is 5. The zero-order valence-corrected chi connectivity index (χ0v) is 21.7. The smallest absolute Gasteiger partial charge is 0.306 e. The van der Waals surface area contributed by atoms with E-state index >= 15 is 0 Å². The van der Waals surface area contributed by atoms with E-state index in [0.29, 0.717) is 12.2 Å². The summed E-state index contributed by atoms with van der Waals surface area (Å²) in [7, 11) is -1.86. The highest BCUT2D eigenvalue weighted by Crippen LogP contribution is 2.33. The van der Waals surface area contributed by atoms with Crippen LogP contribution in [-0.4, -0.2) is 32.2 Å². The Morgan fingerprint density at radius 3 is 2.44 bits per heavy atom. The lowest BCUT2D eigenvalue weighted by Crippen LogP contribution is -2.29. The van der Waals surface area contributed by atoms with Gasteiger partial charge in [0.25, 0.3) is 0 Å². The van der Waals surface area contributed by atoms with Crippen molar-refractivity contribution in [2.45, 2.75) is 84.2 Å². The van der Waals surface area contributed by atoms with E-state index in [0.717, 1.165) is 25.7 Å². The van der Waals surface area contributed by atoms with Crippen LogP contribution in [0, 0.1) is 11.7 Å². The Hall–Kier alpha value is -1.86. The van der Waals surface area contributed by atoms with Crippen molar-refractivity contribution in [1.82, 2.24) is 0 Å². The van der Waals surface area contributed by atoms with Crippen molar-refractivity contribution < 1.29 is 23.1 Å². The highest BCUT2D eigenvalue weighted by atomic mass is 35.5. The summed E-state index contributed by atoms with van der Waals surface area (Å²) in [6.07, 6.45) is 4.96. The molecule has 0 aromatic heterocycles. The molecule has 2 rings (SSSR count). The summed E-state index contributed by atoms with van der Waals surface area (Å²) in [4.78, 5) is 16.3. The van der Waals surface area contributed by atoms with Gasteiger partial charge in [0, 0.05) is 12.6 Å². The number of hydrogen-bond donors (Lipinski definition) is 0. The second kappa shape index (κ2) is 10.8. The molecule has 1 aromatic rings. The fourth-order valence-corrected chi connectivity index (χ4v) is 4.46. The molecule has 178 valence electrons. The quantitative estimate of drug-likeness (QED) is 0.175. The van der Waals surface area contributed by atoms with Gasteiger partial charge in [0.05, 0.1) is 16.7 Å². The van der Waals surface area contributed by atoms with Crippen molar-refractivity contribution in [3.05, 3.63) is 41.0 Å². The second-order valence-corrected chi connectivity index (χ2v) is 15.0. The Morgan fingerprint density at radius 1 is 1.25 bits per heavy atom. The molecule has 0 radical (unpaired) electrons. The summed E-state index contributed by atoms with van der Waals surface area (Å²) in [5.74, 6) is 0.132. The van der Waals surface area contributed by atoms with Gasteiger partial charge in [-0.05, 0) is 90.7 Å². The van der Waals surface area contributed by atoms with Crippen LogP contribution in [0.2, 0.25) is 24.7 Å². The summed E-state index contributed by atoms with van der Waals surface area (Å²) in [5.41, 5.74) is -0.298. The lowest BCUT2D eigenvalue weighted by atomic mass is 9.85. The number of carbonyl (C=O) groups is 1. The number of ether oxygens (including phenoxy) is 2. The Balaban J connectivity index is 2.01. The lowest BCUT2D eigenvalue weighted by molar-refractivity contribution is -0.156. The molecule has 0 spiro atoms. The van der Waals surface area contributed by atoms with Crippen molar-refractivity contribution in [2.24, 2.45) is 10.9 Å². The van der Waals surface area contributed by atoms with Crippen LogP contribution < -0.4 is 4.74 Å². The number of aliphatic imine (C=N–C) groups is 1. The van der Waals surface area contributed by atoms with Crippen molar-refractivity contribution in [2.75, 3.05) is 0 Å². The van der Waals surface area contributed by atoms with Gasteiger partial charge in [0.2, 0.25) is 8.32 Å². The molecule has 0 saturated heterocycles. The van der Waals surface area contributed by atoms with Crippen LogP contribution in [-0.2, 0) is 14.0 Å². The molecule has 1 aliphatic carbocycles. The maximum absolute atomic E-state index is 14.7. The maximum Gasteiger partial charge on any atom is 0.306 e. The fraction of sp³-hybridized carbons (Fsp3) is 0.583. The van der Waals surface area contributed by atoms with Gasteiger partial charge >= 0.3 is 5.97 Å². The summed E-state index contributed by atoms with van der Waals surface area (Å²) in [6.45, 7) is 15.4. The molecule has 0 heterocycles. The Bertz CT molecular complexity index is 853. The highest BCUT2D eigenvalue weighted by Gasteiger charge is 2.27. The Kier molecular flexibility index (Phi) is 8.94. The Morgan fingerprint density at radius 2 is 1.88 bits per heavy atom. The first kappa shape index (κ1) is 26.4. The zero-order chi connectivity index (χ0) is 24.1. The minimum absolute atomic E-state index is 0.00315. The first-order valence-corrected chi connectivity index (χ1v) is 14.8. The minimum atomic E-state index is -1.86. The lowest BCUT2D eigenvalue weighted by Gasteiger charge is -2.30. The summed E-state index contributed by atoms with van der Waals surface area (Å²) < 4.78 is 32.0. The van der Waals surface area contributed by atoms with E-state index in [9.17, 15) is 9.18 Å². The topological polar surface area (TPSA) is 57.1 Å². The first-order chi connectivity index (χ1) is 14.7. The molecule has 1 aromatic carbocycles. The van der Waals surface area contributed by atoms with E-state index in [1.807, 2.05) is 40.4 Å². The van der Waals surface area contributed by atoms with Crippen LogP contribution in [0.1, 0.15) is 58.4 Å². The third-order valence-electron chi connectivity index (χ3n) is 4.82. The maximum atomic E-state index is 14.7. The van der Waals surface area contributed by atoms with Gasteiger partial charge in [0.1, 0.15) is 11.4 Å². The molecule has 0 atom stereocenters. The van der Waals surface area contributed by atoms with Crippen LogP contribution in [0.4, 0.5) is 4.39 Å². The molecule has 1 saturated carbocycles. The monoisotopic (exact) mass is 483 g/mol. The molecule has 8 heteroatoms. The fourth-order valence-electron chi connectivity index (χ4n) is 3.54. The van der Waals surface area contributed by atoms with E-state index in [1.54, 1.807) is 6.07 Å². The van der Waals surface area contributed by atoms with Crippen LogP contribution in [0.3, 0.4) is 0 Å². The van der Waals surface area contributed by atoms with Gasteiger partial charge in [-0.25, -0.2) is 9.38 Å². The number of benzene rings is 1. The van der Waals surface area contributed by atoms with Crippen LogP contribution in [0.5, 0.6) is 5.75 Å². The first-order valence-electron chi connectivity index (χ1n) is 11.0. The van der Waals surface area contributed by atoms with Crippen molar-refractivity contribution in [1.29, 1.82) is 0 Å². The van der Waals surface area contributed by atoms with Gasteiger partial charge < -0.3 is 13.9 Å². The number of esters is 1. The standard InChI is InChI=1S/C24H35ClFNO4Si/c1-16(31-32(5,6)7)27-15-19-21(13-12-20(25)23(19)26)29-18-10-8-17(9-11-18)14-22(28)30-24(2,3)4/h12-13,15,17-18H,1,8-11,14H2,2-7H3. The van der Waals surface area contributed by atoms with Gasteiger partial charge in [-0.3, -0.25) is 4.79 Å². The van der Waals surface area contributed by atoms with Crippen LogP contribution in [0.15, 0.2) is 29.6 Å². The largest absolute Gasteiger partial charge is 0.532 e. The minimum Gasteiger partial charge on any atom is -0.532 e. The number of halogens is 2. The van der Waals surface area contributed by atoms with Crippen molar-refractivity contribution >= 4 is 32.1 Å². The molecule has 32 heavy (non-hydrogen) atoms. The van der Waals surface area contributed by atoms with E-state index in [1.165, 1.54) is 12.3 Å². The molecular weight excluding hydrogens is 449 g/mol. The number of carbonyl (C=O) groups excluding carboxylic acids is 1. The molecule has 1 fully saturated rings. The molecule has 0 unspecified atom stereocenters. The molecule has 0 bridgehead atoms. The predicted molar refractivity (Wildman–Crippen MR) is 129 cm³/mol. The molecular formula is C24H35ClFNO4Si. The van der Waals surface area contributed by atoms with Crippen LogP contribution >= 0.6 is 11.6 Å². The van der Waals surface area contributed by atoms with Gasteiger partial charge in [-0.1, -0.05) is 11.6 Å². The van der Waals surface area contributed by atoms with Crippen LogP contribution in [0.25, 0.3) is 0 Å². The normalized spacial score (nSPS) is 19.6. The third kappa shape index (κ3) is 8.94. The van der Waals surface area contributed by atoms with Gasteiger partial charge in [-0.15, -0.1) is 0 Å². The molecule has 1 aliphatic rings. The average molecular weight is 484 g/mol. The SMILES string of the molecule is C=C(N=Cc1c(OC2CCC(CC(=O)OC(C)(C)C)CC2)ccc(Cl)c1F)O[Si](C)(C)C. The molecule has 0 N–H and O–H groups in total. The van der Waals surface area contributed by atoms with Gasteiger partial charge in [-0.2, -0.15) is 0 Å².